The second kappa shape index (κ2) is 12.8. The molecule has 0 saturated heterocycles. The topological polar surface area (TPSA) is 25.6 Å². The van der Waals surface area contributed by atoms with E-state index < -0.39 is 0 Å². The van der Waals surface area contributed by atoms with E-state index in [0.29, 0.717) is 0 Å². The van der Waals surface area contributed by atoms with Crippen LogP contribution in [0.25, 0.3) is 99.0 Å². The summed E-state index contributed by atoms with van der Waals surface area (Å²) in [5.74, 6) is 0. The van der Waals surface area contributed by atoms with Gasteiger partial charge in [0.05, 0.1) is 22.1 Å². The Morgan fingerprint density at radius 3 is 1.08 bits per heavy atom. The van der Waals surface area contributed by atoms with Gasteiger partial charge in [0, 0.05) is 54.7 Å². The smallest absolute Gasteiger partial charge is 0.0541 e. The van der Waals surface area contributed by atoms with Crippen LogP contribution >= 0.6 is 0 Å². The summed E-state index contributed by atoms with van der Waals surface area (Å²) in [5.41, 5.74) is 17.2. The quantitative estimate of drug-likeness (QED) is 0.185. The maximum atomic E-state index is 3.71. The first kappa shape index (κ1) is 35.3. The van der Waals surface area contributed by atoms with Crippen molar-refractivity contribution >= 4 is 65.4 Å². The third kappa shape index (κ3) is 5.56. The Balaban J connectivity index is 1.03. The molecule has 0 saturated carbocycles. The van der Waals surface area contributed by atoms with Gasteiger partial charge in [0.25, 0.3) is 0 Å². The van der Waals surface area contributed by atoms with Crippen molar-refractivity contribution < 1.29 is 0 Å². The van der Waals surface area contributed by atoms with Gasteiger partial charge in [-0.05, 0) is 117 Å². The lowest BCUT2D eigenvalue weighted by Gasteiger charge is -2.24. The second-order valence-electron chi connectivity index (χ2n) is 18.3. The molecule has 286 valence electrons. The molecule has 3 heteroatoms. The van der Waals surface area contributed by atoms with E-state index in [1.165, 1.54) is 99.1 Å². The van der Waals surface area contributed by atoms with E-state index in [9.17, 15) is 0 Å². The van der Waals surface area contributed by atoms with Crippen LogP contribution in [0.4, 0.5) is 0 Å². The first-order valence-corrected chi connectivity index (χ1v) is 20.9. The zero-order valence-corrected chi connectivity index (χ0v) is 34.6. The average molecular weight is 762 g/mol. The molecule has 0 aliphatic heterocycles. The van der Waals surface area contributed by atoms with Gasteiger partial charge in [0.1, 0.15) is 0 Å². The fourth-order valence-electron chi connectivity index (χ4n) is 9.69. The minimum atomic E-state index is 0.00878. The molecule has 0 fully saturated rings. The van der Waals surface area contributed by atoms with E-state index in [1.54, 1.807) is 0 Å². The van der Waals surface area contributed by atoms with Crippen LogP contribution in [0.1, 0.15) is 52.7 Å². The van der Waals surface area contributed by atoms with E-state index >= 15 is 0 Å². The predicted octanol–water partition coefficient (Wildman–Crippen LogP) is 15.4. The number of hydrogen-bond donors (Lipinski definition) is 1. The molecule has 0 radical (unpaired) electrons. The minimum absolute atomic E-state index is 0.00878. The van der Waals surface area contributed by atoms with Crippen LogP contribution in [0.15, 0.2) is 170 Å². The minimum Gasteiger partial charge on any atom is -0.355 e. The first-order chi connectivity index (χ1) is 28.5. The number of nitrogens with zero attached hydrogens (tertiary/aromatic N) is 2. The van der Waals surface area contributed by atoms with Crippen LogP contribution in [0, 0.1) is 0 Å². The van der Waals surface area contributed by atoms with Gasteiger partial charge in [-0.1, -0.05) is 139 Å². The zero-order valence-electron chi connectivity index (χ0n) is 34.6. The SMILES string of the molecule is CC(C)(C)c1ccccc1-n1c2ccccc2c2cc(-c3ccc4[nH]c5ccc(-c6ccc7c(c6)c6ccccc6n7-c6ccccc6C(C)(C)C)cc5c4c3)ccc21. The largest absolute Gasteiger partial charge is 0.355 e. The van der Waals surface area contributed by atoms with Crippen molar-refractivity contribution in [2.45, 2.75) is 52.4 Å². The molecular formula is C56H47N3. The molecule has 0 amide bonds. The molecule has 0 aliphatic rings. The first-order valence-electron chi connectivity index (χ1n) is 20.9. The molecule has 1 N–H and O–H groups in total. The number of rotatable bonds is 4. The van der Waals surface area contributed by atoms with Crippen LogP contribution < -0.4 is 0 Å². The lowest BCUT2D eigenvalue weighted by molar-refractivity contribution is 0.587. The van der Waals surface area contributed by atoms with Gasteiger partial charge in [0.15, 0.2) is 0 Å². The zero-order chi connectivity index (χ0) is 40.2. The highest BCUT2D eigenvalue weighted by atomic mass is 15.0. The molecule has 11 aromatic rings. The summed E-state index contributed by atoms with van der Waals surface area (Å²) in [6.07, 6.45) is 0. The van der Waals surface area contributed by atoms with E-state index in [4.69, 9.17) is 0 Å². The van der Waals surface area contributed by atoms with E-state index in [1.807, 2.05) is 0 Å². The third-order valence-corrected chi connectivity index (χ3v) is 12.5. The van der Waals surface area contributed by atoms with E-state index in [2.05, 4.69) is 226 Å². The van der Waals surface area contributed by atoms with Crippen molar-refractivity contribution in [3.05, 3.63) is 181 Å². The van der Waals surface area contributed by atoms with Gasteiger partial charge in [-0.2, -0.15) is 0 Å². The van der Waals surface area contributed by atoms with Gasteiger partial charge in [-0.15, -0.1) is 0 Å². The highest BCUT2D eigenvalue weighted by Gasteiger charge is 2.23. The van der Waals surface area contributed by atoms with E-state index in [0.717, 1.165) is 11.0 Å². The van der Waals surface area contributed by atoms with Gasteiger partial charge in [-0.3, -0.25) is 0 Å². The number of benzene rings is 8. The van der Waals surface area contributed by atoms with Crippen molar-refractivity contribution in [2.75, 3.05) is 0 Å². The Kier molecular flexibility index (Phi) is 7.68. The third-order valence-electron chi connectivity index (χ3n) is 12.5. The highest BCUT2D eigenvalue weighted by molar-refractivity contribution is 6.14. The number of H-pyrrole nitrogens is 1. The molecule has 0 spiro atoms. The maximum Gasteiger partial charge on any atom is 0.0541 e. The summed E-state index contributed by atoms with van der Waals surface area (Å²) in [5, 5.41) is 7.53. The van der Waals surface area contributed by atoms with Crippen LogP contribution in [-0.4, -0.2) is 14.1 Å². The van der Waals surface area contributed by atoms with Gasteiger partial charge in [0.2, 0.25) is 0 Å². The summed E-state index contributed by atoms with van der Waals surface area (Å²) >= 11 is 0. The molecule has 3 aromatic heterocycles. The molecule has 0 atom stereocenters. The fraction of sp³-hybridized carbons (Fsp3) is 0.143. The molecule has 8 aromatic carbocycles. The molecular weight excluding hydrogens is 715 g/mol. The number of aromatic nitrogens is 3. The predicted molar refractivity (Wildman–Crippen MR) is 253 cm³/mol. The van der Waals surface area contributed by atoms with Crippen molar-refractivity contribution in [1.82, 2.24) is 14.1 Å². The average Bonchev–Trinajstić information content (AvgIpc) is 3.89. The standard InChI is InChI=1S/C56H47N3/c1-55(2,3)45-17-9-13-21-53(45)58-49-19-11-7-15-39(49)43-33-37(25-29-51(43)58)35-23-27-47-41(31-35)42-32-36(24-28-48(42)57-47)38-26-30-52-44(34-38)40-16-8-12-20-50(40)59(52)54-22-14-10-18-46(54)56(4,5)6/h7-34,57H,1-6H3. The number of para-hydroxylation sites is 4. The molecule has 11 rings (SSSR count). The lowest BCUT2D eigenvalue weighted by atomic mass is 9.85. The summed E-state index contributed by atoms with van der Waals surface area (Å²) in [6.45, 7) is 13.8. The van der Waals surface area contributed by atoms with Gasteiger partial charge >= 0.3 is 0 Å². The molecule has 3 heterocycles. The van der Waals surface area contributed by atoms with Crippen molar-refractivity contribution in [3.8, 4) is 33.6 Å². The summed E-state index contributed by atoms with van der Waals surface area (Å²) in [6, 6.07) is 63.1. The summed E-state index contributed by atoms with van der Waals surface area (Å²) in [7, 11) is 0. The second-order valence-corrected chi connectivity index (χ2v) is 18.3. The van der Waals surface area contributed by atoms with E-state index in [-0.39, 0.29) is 10.8 Å². The van der Waals surface area contributed by atoms with Crippen molar-refractivity contribution in [1.29, 1.82) is 0 Å². The summed E-state index contributed by atoms with van der Waals surface area (Å²) < 4.78 is 4.92. The van der Waals surface area contributed by atoms with Gasteiger partial charge in [-0.25, -0.2) is 0 Å². The number of nitrogens with one attached hydrogen (secondary N) is 1. The Morgan fingerprint density at radius 1 is 0.322 bits per heavy atom. The molecule has 3 nitrogen and oxygen atoms in total. The fourth-order valence-corrected chi connectivity index (χ4v) is 9.69. The number of aromatic amines is 1. The lowest BCUT2D eigenvalue weighted by Crippen LogP contribution is -2.15. The van der Waals surface area contributed by atoms with Crippen LogP contribution in [-0.2, 0) is 10.8 Å². The maximum absolute atomic E-state index is 3.71. The monoisotopic (exact) mass is 761 g/mol. The molecule has 0 unspecified atom stereocenters. The van der Waals surface area contributed by atoms with Crippen LogP contribution in [0.5, 0.6) is 0 Å². The Bertz CT molecular complexity index is 3230. The summed E-state index contributed by atoms with van der Waals surface area (Å²) in [4.78, 5) is 3.71. The Labute approximate surface area is 345 Å². The van der Waals surface area contributed by atoms with Crippen molar-refractivity contribution in [3.63, 3.8) is 0 Å². The highest BCUT2D eigenvalue weighted by Crippen LogP contribution is 2.41. The van der Waals surface area contributed by atoms with Crippen LogP contribution in [0.3, 0.4) is 0 Å². The molecule has 59 heavy (non-hydrogen) atoms. The molecule has 0 aliphatic carbocycles. The van der Waals surface area contributed by atoms with Crippen molar-refractivity contribution in [2.24, 2.45) is 0 Å². The Hall–Kier alpha value is -6.84. The van der Waals surface area contributed by atoms with Gasteiger partial charge < -0.3 is 14.1 Å². The normalized spacial score (nSPS) is 12.6. The molecule has 0 bridgehead atoms. The Morgan fingerprint density at radius 2 is 0.661 bits per heavy atom. The number of hydrogen-bond acceptors (Lipinski definition) is 0. The van der Waals surface area contributed by atoms with Crippen LogP contribution in [0.2, 0.25) is 0 Å². The number of fused-ring (bicyclic) bond motifs is 9.